The van der Waals surface area contributed by atoms with Crippen molar-refractivity contribution in [2.24, 2.45) is 11.7 Å². The van der Waals surface area contributed by atoms with Gasteiger partial charge in [0.05, 0.1) is 5.02 Å². The van der Waals surface area contributed by atoms with Gasteiger partial charge in [0.25, 0.3) is 0 Å². The number of rotatable bonds is 8. The molecule has 0 aliphatic carbocycles. The second-order valence-electron chi connectivity index (χ2n) is 7.36. The Morgan fingerprint density at radius 3 is 2.62 bits per heavy atom. The predicted octanol–water partition coefficient (Wildman–Crippen LogP) is 4.59. The monoisotopic (exact) mass is 420 g/mol. The van der Waals surface area contributed by atoms with Crippen LogP contribution in [0.4, 0.5) is 4.39 Å². The van der Waals surface area contributed by atoms with Gasteiger partial charge in [0.2, 0.25) is 5.91 Å². The first-order valence-corrected chi connectivity index (χ1v) is 10.2. The molecule has 1 heterocycles. The summed E-state index contributed by atoms with van der Waals surface area (Å²) in [7, 11) is 0. The summed E-state index contributed by atoms with van der Waals surface area (Å²) in [5.74, 6) is -0.253. The molecule has 0 radical (unpaired) electrons. The fourth-order valence-corrected chi connectivity index (χ4v) is 3.87. The van der Waals surface area contributed by atoms with Gasteiger partial charge in [-0.2, -0.15) is 0 Å². The van der Waals surface area contributed by atoms with E-state index in [0.717, 1.165) is 12.8 Å². The van der Waals surface area contributed by atoms with E-state index in [1.807, 2.05) is 25.1 Å². The quantitative estimate of drug-likeness (QED) is 0.654. The van der Waals surface area contributed by atoms with Crippen molar-refractivity contribution in [1.29, 1.82) is 0 Å². The molecule has 1 fully saturated rings. The lowest BCUT2D eigenvalue weighted by molar-refractivity contribution is -0.118. The van der Waals surface area contributed by atoms with Crippen LogP contribution in [0, 0.1) is 11.7 Å². The molecule has 1 aliphatic heterocycles. The first-order valence-electron chi connectivity index (χ1n) is 9.78. The van der Waals surface area contributed by atoms with E-state index in [1.165, 1.54) is 0 Å². The molecule has 2 atom stereocenters. The van der Waals surface area contributed by atoms with Gasteiger partial charge >= 0.3 is 0 Å². The summed E-state index contributed by atoms with van der Waals surface area (Å²) in [6.45, 7) is 3.11. The molecule has 156 valence electrons. The molecule has 0 unspecified atom stereocenters. The van der Waals surface area contributed by atoms with Crippen LogP contribution in [0.2, 0.25) is 5.02 Å². The molecule has 5 nitrogen and oxygen atoms in total. The molecule has 2 aromatic carbocycles. The number of ether oxygens (including phenoxy) is 2. The van der Waals surface area contributed by atoms with Crippen molar-refractivity contribution in [2.45, 2.75) is 38.3 Å². The molecule has 3 N–H and O–H groups in total. The van der Waals surface area contributed by atoms with Crippen LogP contribution >= 0.6 is 11.6 Å². The highest BCUT2D eigenvalue weighted by molar-refractivity contribution is 6.32. The summed E-state index contributed by atoms with van der Waals surface area (Å²) < 4.78 is 26.8. The summed E-state index contributed by atoms with van der Waals surface area (Å²) in [4.78, 5) is 11.3. The molecule has 1 amide bonds. The van der Waals surface area contributed by atoms with E-state index >= 15 is 4.39 Å². The molecule has 1 saturated heterocycles. The van der Waals surface area contributed by atoms with Crippen molar-refractivity contribution in [1.82, 2.24) is 5.32 Å². The third-order valence-corrected chi connectivity index (χ3v) is 5.38. The zero-order valence-electron chi connectivity index (χ0n) is 16.4. The number of amides is 1. The van der Waals surface area contributed by atoms with Crippen molar-refractivity contribution < 1.29 is 18.7 Å². The van der Waals surface area contributed by atoms with Crippen LogP contribution in [-0.4, -0.2) is 25.2 Å². The highest BCUT2D eigenvalue weighted by atomic mass is 35.5. The van der Waals surface area contributed by atoms with Crippen LogP contribution in [0.25, 0.3) is 0 Å². The second-order valence-corrected chi connectivity index (χ2v) is 7.77. The Kier molecular flexibility index (Phi) is 7.47. The van der Waals surface area contributed by atoms with Crippen LogP contribution in [0.5, 0.6) is 11.5 Å². The molecule has 3 rings (SSSR count). The van der Waals surface area contributed by atoms with Gasteiger partial charge in [0.15, 0.2) is 11.6 Å². The lowest BCUT2D eigenvalue weighted by Gasteiger charge is -2.34. The molecular weight excluding hydrogens is 395 g/mol. The van der Waals surface area contributed by atoms with E-state index in [2.05, 4.69) is 5.32 Å². The van der Waals surface area contributed by atoms with Crippen LogP contribution < -0.4 is 15.8 Å². The van der Waals surface area contributed by atoms with Gasteiger partial charge in [0.1, 0.15) is 5.75 Å². The summed E-state index contributed by atoms with van der Waals surface area (Å²) in [6, 6.07) is 11.8. The number of hydrogen-bond donors (Lipinski definition) is 2. The minimum atomic E-state index is -0.503. The number of nitrogens with two attached hydrogens (primary N) is 1. The highest BCUT2D eigenvalue weighted by Gasteiger charge is 2.30. The van der Waals surface area contributed by atoms with Crippen molar-refractivity contribution in [3.63, 3.8) is 0 Å². The average molecular weight is 421 g/mol. The fourth-order valence-electron chi connectivity index (χ4n) is 3.68. The lowest BCUT2D eigenvalue weighted by atomic mass is 9.86. The lowest BCUT2D eigenvalue weighted by Crippen LogP contribution is -2.39. The number of carbonyl (C=O) groups excluding carboxylic acids is 1. The molecule has 0 aromatic heterocycles. The Labute approximate surface area is 175 Å². The number of para-hydroxylation sites is 1. The zero-order chi connectivity index (χ0) is 20.8. The number of benzene rings is 2. The molecule has 0 spiro atoms. The zero-order valence-corrected chi connectivity index (χ0v) is 17.1. The van der Waals surface area contributed by atoms with Gasteiger partial charge in [-0.1, -0.05) is 35.9 Å². The molecular formula is C22H26ClFN2O3. The number of hydrogen-bond acceptors (Lipinski definition) is 4. The Balaban J connectivity index is 1.93. The molecule has 2 aromatic rings. The van der Waals surface area contributed by atoms with E-state index in [9.17, 15) is 4.79 Å². The van der Waals surface area contributed by atoms with Crippen LogP contribution in [-0.2, 0) is 9.53 Å². The summed E-state index contributed by atoms with van der Waals surface area (Å²) in [6.07, 6.45) is 1.75. The van der Waals surface area contributed by atoms with E-state index in [-0.39, 0.29) is 35.2 Å². The maximum absolute atomic E-state index is 15.6. The number of primary amides is 1. The highest BCUT2D eigenvalue weighted by Crippen LogP contribution is 2.39. The van der Waals surface area contributed by atoms with Gasteiger partial charge in [-0.25, -0.2) is 4.39 Å². The Bertz CT molecular complexity index is 828. The van der Waals surface area contributed by atoms with E-state index in [1.54, 1.807) is 24.3 Å². The average Bonchev–Trinajstić information content (AvgIpc) is 2.71. The van der Waals surface area contributed by atoms with Crippen molar-refractivity contribution in [3.8, 4) is 11.5 Å². The molecule has 0 bridgehead atoms. The third kappa shape index (κ3) is 5.69. The van der Waals surface area contributed by atoms with Crippen molar-refractivity contribution in [3.05, 3.63) is 58.9 Å². The Hall–Kier alpha value is -2.15. The second kappa shape index (κ2) is 10.1. The Morgan fingerprint density at radius 1 is 1.28 bits per heavy atom. The van der Waals surface area contributed by atoms with E-state index in [4.69, 9.17) is 26.8 Å². The molecule has 1 aliphatic rings. The molecule has 0 saturated carbocycles. The first-order chi connectivity index (χ1) is 14.0. The largest absolute Gasteiger partial charge is 0.453 e. The number of halogens is 2. The maximum atomic E-state index is 15.6. The molecule has 29 heavy (non-hydrogen) atoms. The SMILES string of the molecule is C[C@@H](CC(N)=O)N[C@@H](c1ccc(Cl)c(Oc2ccccc2)c1F)C1CCOCC1. The molecule has 7 heteroatoms. The van der Waals surface area contributed by atoms with Gasteiger partial charge in [-0.05, 0) is 43.9 Å². The summed E-state index contributed by atoms with van der Waals surface area (Å²) in [5, 5.41) is 3.59. The Morgan fingerprint density at radius 2 is 1.97 bits per heavy atom. The third-order valence-electron chi connectivity index (χ3n) is 5.09. The fraction of sp³-hybridized carbons (Fsp3) is 0.409. The minimum absolute atomic E-state index is 0.00298. The van der Waals surface area contributed by atoms with Gasteiger partial charge < -0.3 is 20.5 Å². The van der Waals surface area contributed by atoms with Crippen LogP contribution in [0.15, 0.2) is 42.5 Å². The van der Waals surface area contributed by atoms with Gasteiger partial charge in [-0.15, -0.1) is 0 Å². The van der Waals surface area contributed by atoms with Gasteiger partial charge in [-0.3, -0.25) is 4.79 Å². The van der Waals surface area contributed by atoms with Gasteiger partial charge in [0, 0.05) is 37.3 Å². The van der Waals surface area contributed by atoms with Crippen LogP contribution in [0.3, 0.4) is 0 Å². The van der Waals surface area contributed by atoms with Crippen molar-refractivity contribution in [2.75, 3.05) is 13.2 Å². The first kappa shape index (κ1) is 21.6. The standard InChI is InChI=1S/C22H26ClFN2O3/c1-14(13-19(25)27)26-21(15-9-11-28-12-10-15)17-7-8-18(23)22(20(17)24)29-16-5-3-2-4-6-16/h2-8,14-15,21,26H,9-13H2,1H3,(H2,25,27)/t14-,21+/m0/s1. The van der Waals surface area contributed by atoms with Crippen LogP contribution in [0.1, 0.15) is 37.8 Å². The minimum Gasteiger partial charge on any atom is -0.453 e. The summed E-state index contributed by atoms with van der Waals surface area (Å²) in [5.41, 5.74) is 5.80. The van der Waals surface area contributed by atoms with E-state index in [0.29, 0.717) is 24.5 Å². The summed E-state index contributed by atoms with van der Waals surface area (Å²) >= 11 is 6.25. The smallest absolute Gasteiger partial charge is 0.218 e. The predicted molar refractivity (Wildman–Crippen MR) is 111 cm³/mol. The van der Waals surface area contributed by atoms with Crippen molar-refractivity contribution >= 4 is 17.5 Å². The topological polar surface area (TPSA) is 73.6 Å². The maximum Gasteiger partial charge on any atom is 0.218 e. The van der Waals surface area contributed by atoms with E-state index < -0.39 is 11.7 Å². The number of carbonyl (C=O) groups is 1. The number of nitrogens with one attached hydrogen (secondary N) is 1. The normalized spacial score (nSPS) is 16.9.